The maximum atomic E-state index is 10.5. The minimum atomic E-state index is -0.585. The Morgan fingerprint density at radius 3 is 2.77 bits per heavy atom. The first kappa shape index (κ1) is 21.3. The number of ether oxygens (including phenoxy) is 2. The van der Waals surface area contributed by atoms with Crippen molar-refractivity contribution in [3.63, 3.8) is 0 Å². The van der Waals surface area contributed by atoms with Crippen LogP contribution >= 0.6 is 0 Å². The van der Waals surface area contributed by atoms with Gasteiger partial charge in [0.1, 0.15) is 5.75 Å². The van der Waals surface area contributed by atoms with Crippen molar-refractivity contribution < 1.29 is 14.6 Å². The lowest BCUT2D eigenvalue weighted by molar-refractivity contribution is -0.173. The molecule has 6 heteroatoms. The third kappa shape index (κ3) is 5.62. The number of hydrogen-bond donors (Lipinski definition) is 1. The predicted molar refractivity (Wildman–Crippen MR) is 116 cm³/mol. The molecule has 3 heterocycles. The number of nitrogens with zero attached hydrogens (tertiary/aromatic N) is 3. The first-order valence-corrected chi connectivity index (χ1v) is 11.3. The highest BCUT2D eigenvalue weighted by molar-refractivity contribution is 5.33. The fourth-order valence-corrected chi connectivity index (χ4v) is 4.77. The average molecular weight is 414 g/mol. The normalized spacial score (nSPS) is 24.2. The number of likely N-dealkylation sites (tertiary alicyclic amines) is 1. The Hall–Kier alpha value is -1.89. The maximum absolute atomic E-state index is 10.5. The van der Waals surface area contributed by atoms with Crippen LogP contribution in [0.1, 0.15) is 51.0 Å². The second-order valence-electron chi connectivity index (χ2n) is 9.20. The van der Waals surface area contributed by atoms with Crippen molar-refractivity contribution in [2.24, 2.45) is 0 Å². The highest BCUT2D eigenvalue weighted by Gasteiger charge is 2.44. The lowest BCUT2D eigenvalue weighted by Gasteiger charge is -2.48. The molecule has 1 N–H and O–H groups in total. The van der Waals surface area contributed by atoms with Crippen molar-refractivity contribution in [3.8, 4) is 5.75 Å². The highest BCUT2D eigenvalue weighted by Crippen LogP contribution is 2.39. The van der Waals surface area contributed by atoms with Crippen molar-refractivity contribution >= 4 is 0 Å². The summed E-state index contributed by atoms with van der Waals surface area (Å²) >= 11 is 0. The molecule has 1 spiro atoms. The van der Waals surface area contributed by atoms with Crippen molar-refractivity contribution in [2.45, 2.75) is 69.7 Å². The van der Waals surface area contributed by atoms with Crippen LogP contribution in [0.15, 0.2) is 43.0 Å². The number of unbranched alkanes of at least 4 members (excludes halogenated alkanes) is 1. The first-order chi connectivity index (χ1) is 14.5. The molecular weight excluding hydrogens is 378 g/mol. The predicted octanol–water partition coefficient (Wildman–Crippen LogP) is 3.64. The van der Waals surface area contributed by atoms with Crippen molar-refractivity contribution in [1.82, 2.24) is 14.5 Å². The van der Waals surface area contributed by atoms with Crippen LogP contribution in [-0.4, -0.2) is 57.1 Å². The van der Waals surface area contributed by atoms with Gasteiger partial charge in [0.2, 0.25) is 0 Å². The van der Waals surface area contributed by atoms with Crippen LogP contribution in [0.2, 0.25) is 0 Å². The number of aliphatic hydroxyl groups is 1. The maximum Gasteiger partial charge on any atom is 0.123 e. The molecule has 2 saturated heterocycles. The number of imidazole rings is 1. The molecule has 2 aliphatic heterocycles. The van der Waals surface area contributed by atoms with E-state index in [1.165, 1.54) is 5.56 Å². The zero-order chi connectivity index (χ0) is 20.9. The summed E-state index contributed by atoms with van der Waals surface area (Å²) in [6.07, 6.45) is 11.3. The number of hydrogen-bond acceptors (Lipinski definition) is 5. The minimum absolute atomic E-state index is 0.135. The Balaban J connectivity index is 1.24. The number of para-hydroxylation sites is 1. The standard InChI is InChI=1S/C24H35N3O3/c1-23(28)10-17-30-24(19-23)8-13-26(14-9-24)18-21-6-2-3-7-22(21)29-16-5-4-12-27-15-11-25-20-27/h2-3,6-7,11,15,20,28H,4-5,8-10,12-14,16-19H2,1H3. The van der Waals surface area contributed by atoms with Crippen LogP contribution in [0, 0.1) is 0 Å². The summed E-state index contributed by atoms with van der Waals surface area (Å²) in [6.45, 7) is 7.23. The molecule has 2 aromatic rings. The largest absolute Gasteiger partial charge is 0.493 e. The molecule has 0 radical (unpaired) electrons. The fourth-order valence-electron chi connectivity index (χ4n) is 4.77. The van der Waals surface area contributed by atoms with E-state index in [9.17, 15) is 5.11 Å². The molecule has 1 atom stereocenters. The summed E-state index contributed by atoms with van der Waals surface area (Å²) in [5.74, 6) is 0.997. The zero-order valence-corrected chi connectivity index (χ0v) is 18.1. The first-order valence-electron chi connectivity index (χ1n) is 11.3. The van der Waals surface area contributed by atoms with Crippen LogP contribution in [0.3, 0.4) is 0 Å². The van der Waals surface area contributed by atoms with E-state index in [1.54, 1.807) is 0 Å². The smallest absolute Gasteiger partial charge is 0.123 e. The van der Waals surface area contributed by atoms with Gasteiger partial charge in [-0.2, -0.15) is 0 Å². The summed E-state index contributed by atoms with van der Waals surface area (Å²) < 4.78 is 14.4. The van der Waals surface area contributed by atoms with E-state index >= 15 is 0 Å². The quantitative estimate of drug-likeness (QED) is 0.670. The average Bonchev–Trinajstić information content (AvgIpc) is 3.23. The van der Waals surface area contributed by atoms with Gasteiger partial charge in [0.15, 0.2) is 0 Å². The zero-order valence-electron chi connectivity index (χ0n) is 18.1. The molecule has 1 aromatic heterocycles. The van der Waals surface area contributed by atoms with Crippen LogP contribution in [-0.2, 0) is 17.8 Å². The van der Waals surface area contributed by atoms with Crippen LogP contribution < -0.4 is 4.74 Å². The van der Waals surface area contributed by atoms with Gasteiger partial charge in [-0.05, 0) is 45.1 Å². The lowest BCUT2D eigenvalue weighted by atomic mass is 9.78. The van der Waals surface area contributed by atoms with Crippen LogP contribution in [0.5, 0.6) is 5.75 Å². The molecule has 0 aliphatic carbocycles. The molecule has 0 saturated carbocycles. The number of aromatic nitrogens is 2. The van der Waals surface area contributed by atoms with E-state index in [-0.39, 0.29) is 5.60 Å². The molecule has 1 aromatic carbocycles. The molecule has 2 fully saturated rings. The summed E-state index contributed by atoms with van der Waals surface area (Å²) in [5.41, 5.74) is 0.530. The monoisotopic (exact) mass is 413 g/mol. The molecule has 0 amide bonds. The molecule has 30 heavy (non-hydrogen) atoms. The summed E-state index contributed by atoms with van der Waals surface area (Å²) in [5, 5.41) is 10.5. The van der Waals surface area contributed by atoms with Crippen molar-refractivity contribution in [1.29, 1.82) is 0 Å². The Bertz CT molecular complexity index is 783. The minimum Gasteiger partial charge on any atom is -0.493 e. The molecule has 4 rings (SSSR count). The van der Waals surface area contributed by atoms with E-state index in [2.05, 4.69) is 32.7 Å². The van der Waals surface area contributed by atoms with Gasteiger partial charge < -0.3 is 19.1 Å². The fraction of sp³-hybridized carbons (Fsp3) is 0.625. The van der Waals surface area contributed by atoms with Gasteiger partial charge in [-0.15, -0.1) is 0 Å². The Kier molecular flexibility index (Phi) is 6.76. The number of benzene rings is 1. The topological polar surface area (TPSA) is 59.8 Å². The van der Waals surface area contributed by atoms with Crippen molar-refractivity contribution in [2.75, 3.05) is 26.3 Å². The van der Waals surface area contributed by atoms with Crippen LogP contribution in [0.4, 0.5) is 0 Å². The van der Waals surface area contributed by atoms with Gasteiger partial charge in [0, 0.05) is 50.6 Å². The van der Waals surface area contributed by atoms with Crippen molar-refractivity contribution in [3.05, 3.63) is 48.5 Å². The van der Waals surface area contributed by atoms with Gasteiger partial charge in [-0.1, -0.05) is 18.2 Å². The summed E-state index contributed by atoms with van der Waals surface area (Å²) in [7, 11) is 0. The van der Waals surface area contributed by atoms with E-state index in [4.69, 9.17) is 9.47 Å². The molecule has 164 valence electrons. The summed E-state index contributed by atoms with van der Waals surface area (Å²) in [4.78, 5) is 6.56. The van der Waals surface area contributed by atoms with Gasteiger partial charge in [0.05, 0.1) is 30.7 Å². The second-order valence-corrected chi connectivity index (χ2v) is 9.20. The molecule has 6 nitrogen and oxygen atoms in total. The molecular formula is C24H35N3O3. The van der Waals surface area contributed by atoms with Gasteiger partial charge >= 0.3 is 0 Å². The highest BCUT2D eigenvalue weighted by atomic mass is 16.5. The second kappa shape index (κ2) is 9.50. The lowest BCUT2D eigenvalue weighted by Crippen LogP contribution is -2.53. The Morgan fingerprint density at radius 2 is 2.00 bits per heavy atom. The third-order valence-electron chi connectivity index (χ3n) is 6.51. The van der Waals surface area contributed by atoms with Crippen LogP contribution in [0.25, 0.3) is 0 Å². The Morgan fingerprint density at radius 1 is 1.17 bits per heavy atom. The van der Waals surface area contributed by atoms with Gasteiger partial charge in [0.25, 0.3) is 0 Å². The Labute approximate surface area is 179 Å². The summed E-state index contributed by atoms with van der Waals surface area (Å²) in [6, 6.07) is 8.40. The third-order valence-corrected chi connectivity index (χ3v) is 6.51. The number of piperidine rings is 1. The molecule has 2 aliphatic rings. The number of aryl methyl sites for hydroxylation is 1. The van der Waals surface area contributed by atoms with E-state index in [1.807, 2.05) is 31.7 Å². The van der Waals surface area contributed by atoms with E-state index in [0.29, 0.717) is 6.61 Å². The van der Waals surface area contributed by atoms with Gasteiger partial charge in [-0.25, -0.2) is 4.98 Å². The molecule has 0 bridgehead atoms. The van der Waals surface area contributed by atoms with E-state index < -0.39 is 5.60 Å². The number of rotatable bonds is 8. The SMILES string of the molecule is CC1(O)CCOC2(CCN(Cc3ccccc3OCCCCn3ccnc3)CC2)C1. The van der Waals surface area contributed by atoms with Gasteiger partial charge in [-0.3, -0.25) is 4.90 Å². The molecule has 1 unspecified atom stereocenters. The van der Waals surface area contributed by atoms with E-state index in [0.717, 1.165) is 77.1 Å².